The number of nitrogens with one attached hydrogen (secondary N) is 1. The van der Waals surface area contributed by atoms with Gasteiger partial charge in [0.15, 0.2) is 0 Å². The summed E-state index contributed by atoms with van der Waals surface area (Å²) >= 11 is 0. The number of benzene rings is 1. The molecule has 0 spiro atoms. The number of fused-ring (bicyclic) bond motifs is 1. The monoisotopic (exact) mass is 342 g/mol. The quantitative estimate of drug-likeness (QED) is 0.860. The van der Waals surface area contributed by atoms with Gasteiger partial charge in [-0.15, -0.1) is 0 Å². The van der Waals surface area contributed by atoms with Gasteiger partial charge in [-0.3, -0.25) is 4.79 Å². The van der Waals surface area contributed by atoms with Gasteiger partial charge in [0.05, 0.1) is 19.2 Å². The molecular formula is C18H18N2O5. The number of hydrogen-bond acceptors (Lipinski definition) is 5. The van der Waals surface area contributed by atoms with E-state index < -0.39 is 12.1 Å². The number of carbonyl (C=O) groups excluding carboxylic acids is 2. The molecular weight excluding hydrogens is 324 g/mol. The van der Waals surface area contributed by atoms with Crippen molar-refractivity contribution in [3.05, 3.63) is 69.1 Å². The maximum atomic E-state index is 12.3. The van der Waals surface area contributed by atoms with Crippen molar-refractivity contribution in [3.63, 3.8) is 0 Å². The molecule has 1 aliphatic heterocycles. The molecule has 2 heterocycles. The predicted octanol–water partition coefficient (Wildman–Crippen LogP) is 1.86. The average Bonchev–Trinajstić information content (AvgIpc) is 2.66. The first-order valence-corrected chi connectivity index (χ1v) is 7.87. The third kappa shape index (κ3) is 3.55. The summed E-state index contributed by atoms with van der Waals surface area (Å²) in [4.78, 5) is 40.2. The number of rotatable bonds is 3. The molecule has 0 unspecified atom stereocenters. The summed E-state index contributed by atoms with van der Waals surface area (Å²) in [6.07, 6.45) is 1.26. The molecule has 1 aliphatic rings. The Labute approximate surface area is 144 Å². The zero-order valence-corrected chi connectivity index (χ0v) is 13.8. The number of H-pyrrole nitrogens is 1. The van der Waals surface area contributed by atoms with Crippen LogP contribution in [0.1, 0.15) is 27.0 Å². The van der Waals surface area contributed by atoms with Gasteiger partial charge >= 0.3 is 12.1 Å². The Balaban J connectivity index is 1.73. The number of pyridine rings is 1. The number of ether oxygens (including phenoxy) is 2. The van der Waals surface area contributed by atoms with Gasteiger partial charge < -0.3 is 19.4 Å². The lowest BCUT2D eigenvalue weighted by atomic mass is 9.97. The fourth-order valence-electron chi connectivity index (χ4n) is 2.84. The van der Waals surface area contributed by atoms with Crippen LogP contribution < -0.4 is 5.56 Å². The van der Waals surface area contributed by atoms with Gasteiger partial charge in [-0.1, -0.05) is 30.3 Å². The maximum Gasteiger partial charge on any atom is 0.410 e. The van der Waals surface area contributed by atoms with Crippen LogP contribution in [0, 0.1) is 0 Å². The van der Waals surface area contributed by atoms with Crippen LogP contribution in [0.4, 0.5) is 4.79 Å². The van der Waals surface area contributed by atoms with Gasteiger partial charge in [0.2, 0.25) is 0 Å². The molecule has 3 rings (SSSR count). The van der Waals surface area contributed by atoms with Crippen molar-refractivity contribution in [3.8, 4) is 0 Å². The second kappa shape index (κ2) is 7.21. The minimum absolute atomic E-state index is 0.100. The normalized spacial score (nSPS) is 13.1. The van der Waals surface area contributed by atoms with Crippen molar-refractivity contribution >= 4 is 12.1 Å². The van der Waals surface area contributed by atoms with Gasteiger partial charge in [-0.05, 0) is 17.5 Å². The molecule has 0 bridgehead atoms. The average molecular weight is 342 g/mol. The van der Waals surface area contributed by atoms with Crippen molar-refractivity contribution in [2.24, 2.45) is 0 Å². The molecule has 25 heavy (non-hydrogen) atoms. The van der Waals surface area contributed by atoms with Crippen molar-refractivity contribution in [1.29, 1.82) is 0 Å². The van der Waals surface area contributed by atoms with E-state index in [1.54, 1.807) is 0 Å². The largest absolute Gasteiger partial charge is 0.465 e. The highest BCUT2D eigenvalue weighted by atomic mass is 16.6. The number of nitrogens with zero attached hydrogens (tertiary/aromatic N) is 1. The van der Waals surface area contributed by atoms with Crippen LogP contribution in [0.5, 0.6) is 0 Å². The van der Waals surface area contributed by atoms with Crippen LogP contribution in [0.15, 0.2) is 41.3 Å². The minimum Gasteiger partial charge on any atom is -0.465 e. The van der Waals surface area contributed by atoms with E-state index in [0.717, 1.165) is 5.56 Å². The molecule has 1 aromatic heterocycles. The van der Waals surface area contributed by atoms with Crippen molar-refractivity contribution in [2.75, 3.05) is 13.7 Å². The molecule has 0 atom stereocenters. The molecule has 130 valence electrons. The third-order valence-corrected chi connectivity index (χ3v) is 4.16. The Morgan fingerprint density at radius 2 is 1.96 bits per heavy atom. The summed E-state index contributed by atoms with van der Waals surface area (Å²) in [6.45, 7) is 0.638. The van der Waals surface area contributed by atoms with Crippen molar-refractivity contribution < 1.29 is 19.1 Å². The Kier molecular flexibility index (Phi) is 4.83. The fraction of sp³-hybridized carbons (Fsp3) is 0.278. The number of aromatic amines is 1. The van der Waals surface area contributed by atoms with Gasteiger partial charge in [0.1, 0.15) is 6.61 Å². The van der Waals surface area contributed by atoms with Gasteiger partial charge in [0.25, 0.3) is 5.56 Å². The molecule has 0 fully saturated rings. The number of aromatic nitrogens is 1. The Bertz CT molecular complexity index is 844. The van der Waals surface area contributed by atoms with Crippen LogP contribution >= 0.6 is 0 Å². The lowest BCUT2D eigenvalue weighted by Crippen LogP contribution is -2.40. The Morgan fingerprint density at radius 1 is 1.20 bits per heavy atom. The van der Waals surface area contributed by atoms with E-state index in [9.17, 15) is 14.4 Å². The molecule has 2 aromatic rings. The predicted molar refractivity (Wildman–Crippen MR) is 89.1 cm³/mol. The first kappa shape index (κ1) is 16.8. The van der Waals surface area contributed by atoms with Crippen LogP contribution in [-0.4, -0.2) is 35.6 Å². The highest BCUT2D eigenvalue weighted by molar-refractivity contribution is 5.91. The topological polar surface area (TPSA) is 88.7 Å². The smallest absolute Gasteiger partial charge is 0.410 e. The number of carbonyl (C=O) groups is 2. The van der Waals surface area contributed by atoms with Gasteiger partial charge in [-0.25, -0.2) is 9.59 Å². The zero-order valence-electron chi connectivity index (χ0n) is 13.8. The SMILES string of the molecule is COC(=O)c1c[nH]c(=O)c2c1CCN(C(=O)OCc1ccccc1)C2. The van der Waals surface area contributed by atoms with Crippen LogP contribution in [0.3, 0.4) is 0 Å². The summed E-state index contributed by atoms with van der Waals surface area (Å²) in [5, 5.41) is 0. The molecule has 1 aromatic carbocycles. The summed E-state index contributed by atoms with van der Waals surface area (Å²) < 4.78 is 10.0. The molecule has 0 aliphatic carbocycles. The lowest BCUT2D eigenvalue weighted by molar-refractivity contribution is 0.0597. The molecule has 0 saturated heterocycles. The summed E-state index contributed by atoms with van der Waals surface area (Å²) in [6, 6.07) is 9.36. The van der Waals surface area contributed by atoms with Gasteiger partial charge in [-0.2, -0.15) is 0 Å². The first-order chi connectivity index (χ1) is 12.1. The second-order valence-electron chi connectivity index (χ2n) is 5.69. The van der Waals surface area contributed by atoms with Gasteiger partial charge in [0, 0.05) is 18.3 Å². The van der Waals surface area contributed by atoms with Crippen LogP contribution in [0.25, 0.3) is 0 Å². The molecule has 1 N–H and O–H groups in total. The highest BCUT2D eigenvalue weighted by Crippen LogP contribution is 2.20. The van der Waals surface area contributed by atoms with Crippen molar-refractivity contribution in [2.45, 2.75) is 19.6 Å². The van der Waals surface area contributed by atoms with E-state index in [-0.39, 0.29) is 18.7 Å². The molecule has 0 radical (unpaired) electrons. The first-order valence-electron chi connectivity index (χ1n) is 7.87. The molecule has 7 nitrogen and oxygen atoms in total. The minimum atomic E-state index is -0.507. The maximum absolute atomic E-state index is 12.3. The fourth-order valence-corrected chi connectivity index (χ4v) is 2.84. The van der Waals surface area contributed by atoms with E-state index >= 15 is 0 Å². The zero-order chi connectivity index (χ0) is 17.8. The van der Waals surface area contributed by atoms with Crippen molar-refractivity contribution in [1.82, 2.24) is 9.88 Å². The Hall–Kier alpha value is -3.09. The molecule has 7 heteroatoms. The van der Waals surface area contributed by atoms with E-state index in [1.807, 2.05) is 30.3 Å². The number of amides is 1. The third-order valence-electron chi connectivity index (χ3n) is 4.16. The van der Waals surface area contributed by atoms with Crippen LogP contribution in [-0.2, 0) is 29.0 Å². The summed E-state index contributed by atoms with van der Waals surface area (Å²) in [5.41, 5.74) is 1.92. The molecule has 0 saturated carbocycles. The number of hydrogen-bond donors (Lipinski definition) is 1. The summed E-state index contributed by atoms with van der Waals surface area (Å²) in [5.74, 6) is -0.507. The number of methoxy groups -OCH3 is 1. The van der Waals surface area contributed by atoms with E-state index in [0.29, 0.717) is 29.7 Å². The summed E-state index contributed by atoms with van der Waals surface area (Å²) in [7, 11) is 1.29. The standard InChI is InChI=1S/C18H18N2O5/c1-24-17(22)14-9-19-16(21)15-10-20(8-7-13(14)15)18(23)25-11-12-5-3-2-4-6-12/h2-6,9H,7-8,10-11H2,1H3,(H,19,21). The van der Waals surface area contributed by atoms with Crippen LogP contribution in [0.2, 0.25) is 0 Å². The number of esters is 1. The second-order valence-corrected chi connectivity index (χ2v) is 5.69. The van der Waals surface area contributed by atoms with E-state index in [1.165, 1.54) is 18.2 Å². The van der Waals surface area contributed by atoms with E-state index in [2.05, 4.69) is 4.98 Å². The lowest BCUT2D eigenvalue weighted by Gasteiger charge is -2.28. The Morgan fingerprint density at radius 3 is 2.68 bits per heavy atom. The molecule has 1 amide bonds. The van der Waals surface area contributed by atoms with E-state index in [4.69, 9.17) is 9.47 Å². The highest BCUT2D eigenvalue weighted by Gasteiger charge is 2.27.